The summed E-state index contributed by atoms with van der Waals surface area (Å²) in [5.41, 5.74) is 3.18. The average Bonchev–Trinajstić information content (AvgIpc) is 2.68. The van der Waals surface area contributed by atoms with Crippen LogP contribution in [-0.2, 0) is 0 Å². The molecule has 1 atom stereocenters. The first-order valence-electron chi connectivity index (χ1n) is 8.92. The Hall–Kier alpha value is -2.86. The molecule has 3 aromatic rings. The SMILES string of the molecule is CC(NCC1CN(c2ccc(-c3ccncc3)nn2)C1)c1ccncc1. The molecule has 0 spiro atoms. The molecule has 1 N–H and O–H groups in total. The fourth-order valence-corrected chi connectivity index (χ4v) is 3.17. The largest absolute Gasteiger partial charge is 0.354 e. The number of rotatable bonds is 6. The summed E-state index contributed by atoms with van der Waals surface area (Å²) in [6.45, 7) is 5.22. The number of aromatic nitrogens is 4. The maximum atomic E-state index is 4.38. The van der Waals surface area contributed by atoms with Gasteiger partial charge >= 0.3 is 0 Å². The lowest BCUT2D eigenvalue weighted by Gasteiger charge is -2.40. The first-order valence-corrected chi connectivity index (χ1v) is 8.92. The highest BCUT2D eigenvalue weighted by atomic mass is 15.3. The molecule has 0 amide bonds. The summed E-state index contributed by atoms with van der Waals surface area (Å²) >= 11 is 0. The molecule has 26 heavy (non-hydrogen) atoms. The van der Waals surface area contributed by atoms with Gasteiger partial charge in [-0.2, -0.15) is 0 Å². The van der Waals surface area contributed by atoms with Gasteiger partial charge in [0.25, 0.3) is 0 Å². The summed E-state index contributed by atoms with van der Waals surface area (Å²) in [5.74, 6) is 1.59. The highest BCUT2D eigenvalue weighted by molar-refractivity contribution is 5.59. The summed E-state index contributed by atoms with van der Waals surface area (Å²) < 4.78 is 0. The van der Waals surface area contributed by atoms with Crippen LogP contribution in [0.5, 0.6) is 0 Å². The molecule has 1 saturated heterocycles. The maximum absolute atomic E-state index is 4.38. The van der Waals surface area contributed by atoms with E-state index in [-0.39, 0.29) is 0 Å². The summed E-state index contributed by atoms with van der Waals surface area (Å²) in [6, 6.07) is 12.4. The van der Waals surface area contributed by atoms with Crippen LogP contribution in [0.3, 0.4) is 0 Å². The van der Waals surface area contributed by atoms with Gasteiger partial charge in [-0.3, -0.25) is 9.97 Å². The van der Waals surface area contributed by atoms with Gasteiger partial charge in [-0.1, -0.05) is 0 Å². The molecule has 4 rings (SSSR count). The molecule has 1 unspecified atom stereocenters. The summed E-state index contributed by atoms with van der Waals surface area (Å²) in [7, 11) is 0. The lowest BCUT2D eigenvalue weighted by atomic mass is 9.99. The fraction of sp³-hybridized carbons (Fsp3) is 0.300. The Bertz CT molecular complexity index is 816. The van der Waals surface area contributed by atoms with E-state index in [9.17, 15) is 0 Å². The van der Waals surface area contributed by atoms with Crippen molar-refractivity contribution >= 4 is 5.82 Å². The Balaban J connectivity index is 1.27. The zero-order valence-electron chi connectivity index (χ0n) is 14.8. The van der Waals surface area contributed by atoms with Crippen molar-refractivity contribution in [2.75, 3.05) is 24.5 Å². The number of nitrogens with one attached hydrogen (secondary N) is 1. The normalized spacial score (nSPS) is 15.5. The van der Waals surface area contributed by atoms with Crippen molar-refractivity contribution in [3.05, 3.63) is 66.7 Å². The third-order valence-electron chi connectivity index (χ3n) is 4.83. The predicted molar refractivity (Wildman–Crippen MR) is 102 cm³/mol. The van der Waals surface area contributed by atoms with Crippen molar-refractivity contribution in [1.82, 2.24) is 25.5 Å². The van der Waals surface area contributed by atoms with Gasteiger partial charge in [-0.25, -0.2) is 0 Å². The number of pyridine rings is 2. The van der Waals surface area contributed by atoms with Crippen molar-refractivity contribution in [1.29, 1.82) is 0 Å². The van der Waals surface area contributed by atoms with Crippen molar-refractivity contribution in [3.8, 4) is 11.3 Å². The summed E-state index contributed by atoms with van der Waals surface area (Å²) in [5, 5.41) is 12.3. The molecule has 0 radical (unpaired) electrons. The number of anilines is 1. The van der Waals surface area contributed by atoms with Gasteiger partial charge in [0, 0.05) is 61.9 Å². The van der Waals surface area contributed by atoms with E-state index in [4.69, 9.17) is 0 Å². The van der Waals surface area contributed by atoms with Crippen LogP contribution in [0.15, 0.2) is 61.2 Å². The van der Waals surface area contributed by atoms with Crippen molar-refractivity contribution < 1.29 is 0 Å². The predicted octanol–water partition coefficient (Wildman–Crippen LogP) is 2.72. The van der Waals surface area contributed by atoms with E-state index < -0.39 is 0 Å². The molecule has 1 aliphatic rings. The standard InChI is InChI=1S/C20H22N6/c1-15(17-4-8-21-9-5-17)23-12-16-13-26(14-16)20-3-2-19(24-25-20)18-6-10-22-11-7-18/h2-11,15-16,23H,12-14H2,1H3. The van der Waals surface area contributed by atoms with Gasteiger partial charge in [-0.15, -0.1) is 10.2 Å². The molecule has 3 aromatic heterocycles. The van der Waals surface area contributed by atoms with Crippen molar-refractivity contribution in [3.63, 3.8) is 0 Å². The van der Waals surface area contributed by atoms with Crippen molar-refractivity contribution in [2.45, 2.75) is 13.0 Å². The first-order chi connectivity index (χ1) is 12.8. The van der Waals surface area contributed by atoms with Crippen LogP contribution in [0.1, 0.15) is 18.5 Å². The third kappa shape index (κ3) is 3.70. The Morgan fingerprint density at radius 2 is 1.65 bits per heavy atom. The van der Waals surface area contributed by atoms with Crippen LogP contribution in [0.2, 0.25) is 0 Å². The van der Waals surface area contributed by atoms with Gasteiger partial charge in [-0.05, 0) is 48.9 Å². The molecule has 6 heteroatoms. The van der Waals surface area contributed by atoms with E-state index in [0.717, 1.165) is 36.7 Å². The molecule has 132 valence electrons. The zero-order chi connectivity index (χ0) is 17.8. The second-order valence-corrected chi connectivity index (χ2v) is 6.69. The molecule has 0 aliphatic carbocycles. The molecule has 0 bridgehead atoms. The summed E-state index contributed by atoms with van der Waals surface area (Å²) in [4.78, 5) is 10.4. The van der Waals surface area contributed by atoms with E-state index in [1.54, 1.807) is 12.4 Å². The number of hydrogen-bond donors (Lipinski definition) is 1. The second-order valence-electron chi connectivity index (χ2n) is 6.69. The minimum absolute atomic E-state index is 0.339. The van der Waals surface area contributed by atoms with Crippen LogP contribution in [0.4, 0.5) is 5.82 Å². The van der Waals surface area contributed by atoms with Gasteiger partial charge in [0.05, 0.1) is 5.69 Å². The van der Waals surface area contributed by atoms with Gasteiger partial charge in [0.2, 0.25) is 0 Å². The molecule has 4 heterocycles. The molecule has 1 aliphatic heterocycles. The Kier molecular flexibility index (Phi) is 4.84. The lowest BCUT2D eigenvalue weighted by Crippen LogP contribution is -2.51. The van der Waals surface area contributed by atoms with E-state index in [1.165, 1.54) is 5.56 Å². The second kappa shape index (κ2) is 7.58. The number of nitrogens with zero attached hydrogens (tertiary/aromatic N) is 5. The van der Waals surface area contributed by atoms with Crippen molar-refractivity contribution in [2.24, 2.45) is 5.92 Å². The average molecular weight is 346 g/mol. The van der Waals surface area contributed by atoms with Gasteiger partial charge < -0.3 is 10.2 Å². The van der Waals surface area contributed by atoms with E-state index in [0.29, 0.717) is 12.0 Å². The minimum Gasteiger partial charge on any atom is -0.354 e. The third-order valence-corrected chi connectivity index (χ3v) is 4.83. The fourth-order valence-electron chi connectivity index (χ4n) is 3.17. The number of hydrogen-bond acceptors (Lipinski definition) is 6. The molecule has 6 nitrogen and oxygen atoms in total. The van der Waals surface area contributed by atoms with E-state index in [1.807, 2.05) is 36.7 Å². The first kappa shape index (κ1) is 16.6. The van der Waals surface area contributed by atoms with Crippen LogP contribution < -0.4 is 10.2 Å². The van der Waals surface area contributed by atoms with E-state index >= 15 is 0 Å². The lowest BCUT2D eigenvalue weighted by molar-refractivity contribution is 0.366. The maximum Gasteiger partial charge on any atom is 0.151 e. The monoisotopic (exact) mass is 346 g/mol. The van der Waals surface area contributed by atoms with Gasteiger partial charge in [0.1, 0.15) is 0 Å². The highest BCUT2D eigenvalue weighted by Crippen LogP contribution is 2.24. The molecular weight excluding hydrogens is 324 g/mol. The minimum atomic E-state index is 0.339. The highest BCUT2D eigenvalue weighted by Gasteiger charge is 2.28. The zero-order valence-corrected chi connectivity index (χ0v) is 14.8. The van der Waals surface area contributed by atoms with Crippen LogP contribution in [0.25, 0.3) is 11.3 Å². The Morgan fingerprint density at radius 3 is 2.31 bits per heavy atom. The van der Waals surface area contributed by atoms with Crippen LogP contribution >= 0.6 is 0 Å². The molecule has 0 aromatic carbocycles. The smallest absolute Gasteiger partial charge is 0.151 e. The summed E-state index contributed by atoms with van der Waals surface area (Å²) in [6.07, 6.45) is 7.22. The molecular formula is C20H22N6. The molecule has 0 saturated carbocycles. The van der Waals surface area contributed by atoms with Gasteiger partial charge in [0.15, 0.2) is 5.82 Å². The quantitative estimate of drug-likeness (QED) is 0.740. The Labute approximate surface area is 153 Å². The van der Waals surface area contributed by atoms with E-state index in [2.05, 4.69) is 49.4 Å². The van der Waals surface area contributed by atoms with Crippen LogP contribution in [0, 0.1) is 5.92 Å². The van der Waals surface area contributed by atoms with Crippen LogP contribution in [-0.4, -0.2) is 39.8 Å². The topological polar surface area (TPSA) is 66.8 Å². The molecule has 1 fully saturated rings. The Morgan fingerprint density at radius 1 is 0.962 bits per heavy atom.